The number of ether oxygens (including phenoxy) is 1. The van der Waals surface area contributed by atoms with Crippen molar-refractivity contribution >= 4 is 27.5 Å². The van der Waals surface area contributed by atoms with Crippen LogP contribution in [0.15, 0.2) is 40.9 Å². The predicted octanol–water partition coefficient (Wildman–Crippen LogP) is 4.70. The minimum atomic E-state index is -0.585. The predicted molar refractivity (Wildman–Crippen MR) is 85.5 cm³/mol. The number of hydrogen-bond acceptors (Lipinski definition) is 2. The van der Waals surface area contributed by atoms with Crippen LogP contribution in [-0.4, -0.2) is 12.2 Å². The van der Waals surface area contributed by atoms with E-state index in [-0.39, 0.29) is 0 Å². The summed E-state index contributed by atoms with van der Waals surface area (Å²) in [6.07, 6.45) is -0.101. The van der Waals surface area contributed by atoms with Gasteiger partial charge in [0.15, 0.2) is 0 Å². The average molecular weight is 356 g/mol. The fraction of sp³-hybridized carbons (Fsp3) is 0.250. The van der Waals surface area contributed by atoms with Crippen LogP contribution in [0.3, 0.4) is 0 Å². The van der Waals surface area contributed by atoms with Crippen molar-refractivity contribution in [2.45, 2.75) is 19.4 Å². The van der Waals surface area contributed by atoms with Crippen LogP contribution >= 0.6 is 27.5 Å². The molecule has 2 aromatic rings. The molecule has 4 heteroatoms. The highest BCUT2D eigenvalue weighted by atomic mass is 79.9. The van der Waals surface area contributed by atoms with Gasteiger partial charge in [-0.2, -0.15) is 0 Å². The fourth-order valence-corrected chi connectivity index (χ4v) is 2.87. The zero-order chi connectivity index (χ0) is 14.7. The summed E-state index contributed by atoms with van der Waals surface area (Å²) in [6.45, 7) is 1.96. The molecule has 1 unspecified atom stereocenters. The van der Waals surface area contributed by atoms with Gasteiger partial charge in [0.1, 0.15) is 5.75 Å². The minimum absolute atomic E-state index is 0.484. The summed E-state index contributed by atoms with van der Waals surface area (Å²) in [6, 6.07) is 11.4. The van der Waals surface area contributed by atoms with Crippen LogP contribution in [0.2, 0.25) is 5.02 Å². The first-order chi connectivity index (χ1) is 9.51. The number of hydrogen-bond donors (Lipinski definition) is 1. The zero-order valence-electron chi connectivity index (χ0n) is 11.4. The third-order valence-corrected chi connectivity index (χ3v) is 4.08. The van der Waals surface area contributed by atoms with Gasteiger partial charge in [0, 0.05) is 15.9 Å². The smallest absolute Gasteiger partial charge is 0.121 e. The number of rotatable bonds is 4. The van der Waals surface area contributed by atoms with E-state index in [9.17, 15) is 5.11 Å². The van der Waals surface area contributed by atoms with Crippen LogP contribution < -0.4 is 4.74 Å². The largest absolute Gasteiger partial charge is 0.496 e. The third kappa shape index (κ3) is 3.54. The van der Waals surface area contributed by atoms with E-state index in [1.807, 2.05) is 43.3 Å². The highest BCUT2D eigenvalue weighted by Gasteiger charge is 2.12. The Morgan fingerprint density at radius 3 is 2.60 bits per heavy atom. The fourth-order valence-electron chi connectivity index (χ4n) is 2.12. The summed E-state index contributed by atoms with van der Waals surface area (Å²) in [5.74, 6) is 0.822. The Balaban J connectivity index is 2.19. The Kier molecular flexibility index (Phi) is 5.08. The number of methoxy groups -OCH3 is 1. The monoisotopic (exact) mass is 354 g/mol. The maximum Gasteiger partial charge on any atom is 0.121 e. The highest BCUT2D eigenvalue weighted by molar-refractivity contribution is 9.10. The first-order valence-corrected chi connectivity index (χ1v) is 7.45. The van der Waals surface area contributed by atoms with Gasteiger partial charge in [-0.1, -0.05) is 39.7 Å². The second-order valence-electron chi connectivity index (χ2n) is 4.68. The van der Waals surface area contributed by atoms with E-state index in [1.54, 1.807) is 7.11 Å². The van der Waals surface area contributed by atoms with Gasteiger partial charge in [0.05, 0.1) is 13.2 Å². The average Bonchev–Trinajstić information content (AvgIpc) is 2.41. The lowest BCUT2D eigenvalue weighted by molar-refractivity contribution is 0.178. The molecule has 20 heavy (non-hydrogen) atoms. The van der Waals surface area contributed by atoms with Crippen molar-refractivity contribution in [3.63, 3.8) is 0 Å². The molecule has 0 heterocycles. The quantitative estimate of drug-likeness (QED) is 0.861. The topological polar surface area (TPSA) is 29.5 Å². The van der Waals surface area contributed by atoms with E-state index >= 15 is 0 Å². The molecular weight excluding hydrogens is 340 g/mol. The molecule has 1 N–H and O–H groups in total. The van der Waals surface area contributed by atoms with Gasteiger partial charge in [-0.15, -0.1) is 0 Å². The van der Waals surface area contributed by atoms with E-state index < -0.39 is 6.10 Å². The molecule has 2 aromatic carbocycles. The third-order valence-electron chi connectivity index (χ3n) is 3.23. The molecule has 0 radical (unpaired) electrons. The Bertz CT molecular complexity index is 613. The summed E-state index contributed by atoms with van der Waals surface area (Å²) >= 11 is 9.55. The van der Waals surface area contributed by atoms with E-state index in [2.05, 4.69) is 15.9 Å². The highest BCUT2D eigenvalue weighted by Crippen LogP contribution is 2.28. The van der Waals surface area contributed by atoms with Gasteiger partial charge >= 0.3 is 0 Å². The lowest BCUT2D eigenvalue weighted by atomic mass is 9.99. The number of benzene rings is 2. The second kappa shape index (κ2) is 6.61. The first-order valence-electron chi connectivity index (χ1n) is 6.28. The van der Waals surface area contributed by atoms with Gasteiger partial charge in [-0.25, -0.2) is 0 Å². The Morgan fingerprint density at radius 1 is 1.25 bits per heavy atom. The molecule has 0 aromatic heterocycles. The zero-order valence-corrected chi connectivity index (χ0v) is 13.7. The summed E-state index contributed by atoms with van der Waals surface area (Å²) < 4.78 is 6.15. The molecule has 0 aliphatic carbocycles. The molecule has 0 spiro atoms. The van der Waals surface area contributed by atoms with Gasteiger partial charge in [-0.3, -0.25) is 0 Å². The minimum Gasteiger partial charge on any atom is -0.496 e. The molecule has 0 bridgehead atoms. The molecule has 2 rings (SSSR count). The molecule has 106 valence electrons. The van der Waals surface area contributed by atoms with Crippen molar-refractivity contribution in [1.29, 1.82) is 0 Å². The first kappa shape index (κ1) is 15.4. The Hall–Kier alpha value is -1.03. The van der Waals surface area contributed by atoms with Crippen molar-refractivity contribution < 1.29 is 9.84 Å². The molecule has 0 saturated heterocycles. The molecule has 0 aliphatic rings. The molecule has 0 fully saturated rings. The lowest BCUT2D eigenvalue weighted by Gasteiger charge is -2.14. The normalized spacial score (nSPS) is 12.2. The van der Waals surface area contributed by atoms with Crippen molar-refractivity contribution in [3.05, 3.63) is 62.6 Å². The van der Waals surface area contributed by atoms with E-state index in [0.717, 1.165) is 26.9 Å². The lowest BCUT2D eigenvalue weighted by Crippen LogP contribution is -2.03. The van der Waals surface area contributed by atoms with Crippen LogP contribution in [0.4, 0.5) is 0 Å². The maximum absolute atomic E-state index is 10.3. The van der Waals surface area contributed by atoms with Crippen LogP contribution in [0.5, 0.6) is 5.75 Å². The molecule has 2 nitrogen and oxygen atoms in total. The Morgan fingerprint density at radius 2 is 2.00 bits per heavy atom. The summed E-state index contributed by atoms with van der Waals surface area (Å²) in [5.41, 5.74) is 2.80. The second-order valence-corrected chi connectivity index (χ2v) is 6.01. The van der Waals surface area contributed by atoms with Crippen LogP contribution in [-0.2, 0) is 6.42 Å². The standard InChI is InChI=1S/C16H16BrClO2/c1-10-7-12(4-6-16(10)20-2)15(19)8-11-3-5-13(17)9-14(11)18/h3-7,9,15,19H,8H2,1-2H3. The van der Waals surface area contributed by atoms with Gasteiger partial charge in [0.2, 0.25) is 0 Å². The van der Waals surface area contributed by atoms with Crippen molar-refractivity contribution in [2.24, 2.45) is 0 Å². The van der Waals surface area contributed by atoms with Crippen molar-refractivity contribution in [1.82, 2.24) is 0 Å². The number of aliphatic hydroxyl groups excluding tert-OH is 1. The van der Waals surface area contributed by atoms with E-state index in [4.69, 9.17) is 16.3 Å². The molecule has 0 amide bonds. The number of halogens is 2. The Labute approximate surface area is 132 Å². The van der Waals surface area contributed by atoms with Gasteiger partial charge < -0.3 is 9.84 Å². The molecule has 1 atom stereocenters. The number of aryl methyl sites for hydroxylation is 1. The van der Waals surface area contributed by atoms with E-state index in [1.165, 1.54) is 0 Å². The number of aliphatic hydroxyl groups is 1. The van der Waals surface area contributed by atoms with Crippen molar-refractivity contribution in [2.75, 3.05) is 7.11 Å². The maximum atomic E-state index is 10.3. The van der Waals surface area contributed by atoms with Crippen LogP contribution in [0.25, 0.3) is 0 Å². The molecule has 0 aliphatic heterocycles. The molecule has 0 saturated carbocycles. The van der Waals surface area contributed by atoms with Crippen LogP contribution in [0.1, 0.15) is 22.8 Å². The summed E-state index contributed by atoms with van der Waals surface area (Å²) in [7, 11) is 1.64. The summed E-state index contributed by atoms with van der Waals surface area (Å²) in [4.78, 5) is 0. The SMILES string of the molecule is COc1ccc(C(O)Cc2ccc(Br)cc2Cl)cc1C. The van der Waals surface area contributed by atoms with Crippen molar-refractivity contribution in [3.8, 4) is 5.75 Å². The van der Waals surface area contributed by atoms with E-state index in [0.29, 0.717) is 11.4 Å². The molecular formula is C16H16BrClO2. The summed E-state index contributed by atoms with van der Waals surface area (Å²) in [5, 5.41) is 11.0. The van der Waals surface area contributed by atoms with Gasteiger partial charge in [-0.05, 0) is 47.9 Å². The van der Waals surface area contributed by atoms with Crippen LogP contribution in [0, 0.1) is 6.92 Å². The van der Waals surface area contributed by atoms with Gasteiger partial charge in [0.25, 0.3) is 0 Å².